The maximum atomic E-state index is 11.8. The van der Waals surface area contributed by atoms with Gasteiger partial charge in [0.2, 0.25) is 5.91 Å². The minimum Gasteiger partial charge on any atom is -0.381 e. The first-order valence-electron chi connectivity index (χ1n) is 6.66. The summed E-state index contributed by atoms with van der Waals surface area (Å²) in [5.74, 6) is 0.554. The Morgan fingerprint density at radius 3 is 3.00 bits per heavy atom. The largest absolute Gasteiger partial charge is 0.381 e. The van der Waals surface area contributed by atoms with Crippen molar-refractivity contribution in [2.75, 3.05) is 33.4 Å². The Labute approximate surface area is 114 Å². The summed E-state index contributed by atoms with van der Waals surface area (Å²) in [6, 6.07) is 3.93. The zero-order chi connectivity index (χ0) is 13.5. The molecule has 2 rings (SSSR count). The minimum atomic E-state index is 0.0726. The fraction of sp³-hybridized carbons (Fsp3) is 0.571. The van der Waals surface area contributed by atoms with Crippen LogP contribution in [0.5, 0.6) is 0 Å². The summed E-state index contributed by atoms with van der Waals surface area (Å²) in [4.78, 5) is 17.8. The van der Waals surface area contributed by atoms with Gasteiger partial charge < -0.3 is 10.1 Å². The third kappa shape index (κ3) is 4.96. The Balaban J connectivity index is 1.66. The molecule has 104 valence electrons. The highest BCUT2D eigenvalue weighted by atomic mass is 16.5. The highest BCUT2D eigenvalue weighted by Gasteiger charge is 2.16. The first-order chi connectivity index (χ1) is 9.24. The van der Waals surface area contributed by atoms with Crippen molar-refractivity contribution in [3.8, 4) is 0 Å². The van der Waals surface area contributed by atoms with Crippen LogP contribution in [0, 0.1) is 5.92 Å². The standard InChI is InChI=1S/C14H21N3O2/c1-17(9-12-2-5-15-6-3-12)10-14(18)16-8-13-4-7-19-11-13/h2-3,5-6,13H,4,7-11H2,1H3,(H,16,18). The molecule has 1 fully saturated rings. The van der Waals surface area contributed by atoms with Gasteiger partial charge in [0.15, 0.2) is 0 Å². The van der Waals surface area contributed by atoms with E-state index >= 15 is 0 Å². The number of hydrogen-bond donors (Lipinski definition) is 1. The summed E-state index contributed by atoms with van der Waals surface area (Å²) < 4.78 is 5.28. The molecule has 0 bridgehead atoms. The molecule has 1 aliphatic rings. The molecule has 0 radical (unpaired) electrons. The Morgan fingerprint density at radius 1 is 1.53 bits per heavy atom. The molecule has 1 saturated heterocycles. The number of amides is 1. The van der Waals surface area contributed by atoms with Crippen LogP contribution in [0.3, 0.4) is 0 Å². The second kappa shape index (κ2) is 7.21. The van der Waals surface area contributed by atoms with Crippen molar-refractivity contribution < 1.29 is 9.53 Å². The van der Waals surface area contributed by atoms with E-state index in [0.717, 1.165) is 38.3 Å². The zero-order valence-corrected chi connectivity index (χ0v) is 11.3. The van der Waals surface area contributed by atoms with Gasteiger partial charge in [-0.05, 0) is 31.2 Å². The quantitative estimate of drug-likeness (QED) is 0.819. The van der Waals surface area contributed by atoms with Crippen molar-refractivity contribution in [3.63, 3.8) is 0 Å². The minimum absolute atomic E-state index is 0.0726. The first kappa shape index (κ1) is 14.0. The van der Waals surface area contributed by atoms with E-state index in [1.165, 1.54) is 0 Å². The average Bonchev–Trinajstić information content (AvgIpc) is 2.90. The van der Waals surface area contributed by atoms with Crippen LogP contribution in [0.4, 0.5) is 0 Å². The summed E-state index contributed by atoms with van der Waals surface area (Å²) >= 11 is 0. The topological polar surface area (TPSA) is 54.5 Å². The lowest BCUT2D eigenvalue weighted by Gasteiger charge is -2.17. The Bertz CT molecular complexity index is 391. The Morgan fingerprint density at radius 2 is 2.32 bits per heavy atom. The lowest BCUT2D eigenvalue weighted by atomic mass is 10.1. The van der Waals surface area contributed by atoms with Gasteiger partial charge in [-0.2, -0.15) is 0 Å². The maximum absolute atomic E-state index is 11.8. The third-order valence-corrected chi connectivity index (χ3v) is 3.23. The summed E-state index contributed by atoms with van der Waals surface area (Å²) in [6.45, 7) is 3.48. The van der Waals surface area contributed by atoms with Crippen molar-refractivity contribution in [2.24, 2.45) is 5.92 Å². The van der Waals surface area contributed by atoms with Gasteiger partial charge in [0, 0.05) is 38.0 Å². The van der Waals surface area contributed by atoms with E-state index in [1.54, 1.807) is 12.4 Å². The van der Waals surface area contributed by atoms with E-state index in [0.29, 0.717) is 12.5 Å². The summed E-state index contributed by atoms with van der Waals surface area (Å²) in [6.07, 6.45) is 4.58. The van der Waals surface area contributed by atoms with Crippen LogP contribution in [-0.4, -0.2) is 49.1 Å². The number of carbonyl (C=O) groups excluding carboxylic acids is 1. The van der Waals surface area contributed by atoms with Gasteiger partial charge in [-0.1, -0.05) is 0 Å². The zero-order valence-electron chi connectivity index (χ0n) is 11.3. The van der Waals surface area contributed by atoms with Crippen LogP contribution in [0.2, 0.25) is 0 Å². The van der Waals surface area contributed by atoms with E-state index in [2.05, 4.69) is 10.3 Å². The molecule has 5 heteroatoms. The lowest BCUT2D eigenvalue weighted by Crippen LogP contribution is -2.37. The second-order valence-corrected chi connectivity index (χ2v) is 5.06. The monoisotopic (exact) mass is 263 g/mol. The van der Waals surface area contributed by atoms with Crippen LogP contribution in [0.1, 0.15) is 12.0 Å². The van der Waals surface area contributed by atoms with E-state index in [9.17, 15) is 4.79 Å². The molecule has 0 spiro atoms. The number of ether oxygens (including phenoxy) is 1. The van der Waals surface area contributed by atoms with Crippen molar-refractivity contribution >= 4 is 5.91 Å². The fourth-order valence-electron chi connectivity index (χ4n) is 2.16. The Hall–Kier alpha value is -1.46. The van der Waals surface area contributed by atoms with Crippen molar-refractivity contribution in [2.45, 2.75) is 13.0 Å². The van der Waals surface area contributed by atoms with E-state index in [4.69, 9.17) is 4.74 Å². The van der Waals surface area contributed by atoms with E-state index < -0.39 is 0 Å². The predicted molar refractivity (Wildman–Crippen MR) is 72.5 cm³/mol. The van der Waals surface area contributed by atoms with Gasteiger partial charge in [0.1, 0.15) is 0 Å². The summed E-state index contributed by atoms with van der Waals surface area (Å²) in [5.41, 5.74) is 1.16. The number of aromatic nitrogens is 1. The molecule has 2 heterocycles. The molecule has 1 unspecified atom stereocenters. The van der Waals surface area contributed by atoms with Crippen molar-refractivity contribution in [1.82, 2.24) is 15.2 Å². The highest BCUT2D eigenvalue weighted by Crippen LogP contribution is 2.10. The van der Waals surface area contributed by atoms with Gasteiger partial charge in [-0.25, -0.2) is 0 Å². The molecule has 1 aliphatic heterocycles. The lowest BCUT2D eigenvalue weighted by molar-refractivity contribution is -0.122. The molecule has 1 atom stereocenters. The molecule has 1 aromatic heterocycles. The molecule has 1 amide bonds. The number of carbonyl (C=O) groups is 1. The number of nitrogens with one attached hydrogen (secondary N) is 1. The molecule has 0 aromatic carbocycles. The molecule has 0 aliphatic carbocycles. The van der Waals surface area contributed by atoms with Crippen LogP contribution >= 0.6 is 0 Å². The molecule has 1 aromatic rings. The number of likely N-dealkylation sites (N-methyl/N-ethyl adjacent to an activating group) is 1. The van der Waals surface area contributed by atoms with Gasteiger partial charge in [0.25, 0.3) is 0 Å². The Kier molecular flexibility index (Phi) is 5.30. The predicted octanol–water partition coefficient (Wildman–Crippen LogP) is 0.666. The van der Waals surface area contributed by atoms with Gasteiger partial charge in [-0.3, -0.25) is 14.7 Å². The SMILES string of the molecule is CN(CC(=O)NCC1CCOC1)Cc1ccncc1. The van der Waals surface area contributed by atoms with E-state index in [1.807, 2.05) is 24.1 Å². The molecule has 1 N–H and O–H groups in total. The van der Waals surface area contributed by atoms with Gasteiger partial charge in [-0.15, -0.1) is 0 Å². The summed E-state index contributed by atoms with van der Waals surface area (Å²) in [7, 11) is 1.94. The first-order valence-corrected chi connectivity index (χ1v) is 6.66. The van der Waals surface area contributed by atoms with Crippen molar-refractivity contribution in [1.29, 1.82) is 0 Å². The van der Waals surface area contributed by atoms with Gasteiger partial charge in [0.05, 0.1) is 13.2 Å². The van der Waals surface area contributed by atoms with Crippen LogP contribution < -0.4 is 5.32 Å². The number of nitrogens with zero attached hydrogens (tertiary/aromatic N) is 2. The highest BCUT2D eigenvalue weighted by molar-refractivity contribution is 5.77. The second-order valence-electron chi connectivity index (χ2n) is 5.06. The molecular weight excluding hydrogens is 242 g/mol. The molecule has 0 saturated carbocycles. The maximum Gasteiger partial charge on any atom is 0.234 e. The van der Waals surface area contributed by atoms with E-state index in [-0.39, 0.29) is 5.91 Å². The number of pyridine rings is 1. The van der Waals surface area contributed by atoms with Crippen LogP contribution in [0.25, 0.3) is 0 Å². The van der Waals surface area contributed by atoms with Gasteiger partial charge >= 0.3 is 0 Å². The normalized spacial score (nSPS) is 18.7. The molecule has 5 nitrogen and oxygen atoms in total. The fourth-order valence-corrected chi connectivity index (χ4v) is 2.16. The number of rotatable bonds is 6. The third-order valence-electron chi connectivity index (χ3n) is 3.23. The van der Waals surface area contributed by atoms with Crippen molar-refractivity contribution in [3.05, 3.63) is 30.1 Å². The van der Waals surface area contributed by atoms with Crippen LogP contribution in [-0.2, 0) is 16.1 Å². The smallest absolute Gasteiger partial charge is 0.234 e. The molecule has 19 heavy (non-hydrogen) atoms. The summed E-state index contributed by atoms with van der Waals surface area (Å²) in [5, 5.41) is 2.97. The number of hydrogen-bond acceptors (Lipinski definition) is 4. The van der Waals surface area contributed by atoms with Crippen LogP contribution in [0.15, 0.2) is 24.5 Å². The molecular formula is C14H21N3O2. The average molecular weight is 263 g/mol.